The molecule has 0 spiro atoms. The van der Waals surface area contributed by atoms with Crippen molar-refractivity contribution in [3.8, 4) is 0 Å². The van der Waals surface area contributed by atoms with Crippen molar-refractivity contribution in [2.24, 2.45) is 5.73 Å². The molecule has 0 aromatic heterocycles. The highest BCUT2D eigenvalue weighted by molar-refractivity contribution is 7.89. The number of benzene rings is 1. The summed E-state index contributed by atoms with van der Waals surface area (Å²) in [6.07, 6.45) is 3.16. The van der Waals surface area contributed by atoms with Gasteiger partial charge >= 0.3 is 0 Å². The molecule has 1 aliphatic rings. The van der Waals surface area contributed by atoms with Crippen LogP contribution < -0.4 is 10.5 Å². The lowest BCUT2D eigenvalue weighted by molar-refractivity contribution is 0.373. The minimum atomic E-state index is -3.61. The van der Waals surface area contributed by atoms with E-state index >= 15 is 0 Å². The second-order valence-electron chi connectivity index (χ2n) is 5.60. The summed E-state index contributed by atoms with van der Waals surface area (Å²) in [5.74, 6) is -0.414. The van der Waals surface area contributed by atoms with Gasteiger partial charge < -0.3 is 5.73 Å². The standard InChI is InChI=1S/C14H21FN2O2S.ClH/c1-9-7-11(15)8-10(2)14(9)20(18,19)17-13-5-3-12(16)4-6-13;/h7-8,12-13,17H,3-6,16H2,1-2H3;1H. The molecule has 1 aromatic carbocycles. The molecule has 0 atom stereocenters. The van der Waals surface area contributed by atoms with Crippen LogP contribution in [-0.2, 0) is 10.0 Å². The van der Waals surface area contributed by atoms with Crippen LogP contribution in [-0.4, -0.2) is 20.5 Å². The summed E-state index contributed by atoms with van der Waals surface area (Å²) in [5.41, 5.74) is 6.68. The zero-order valence-corrected chi connectivity index (χ0v) is 13.9. The summed E-state index contributed by atoms with van der Waals surface area (Å²) in [7, 11) is -3.61. The van der Waals surface area contributed by atoms with Gasteiger partial charge in [0.25, 0.3) is 0 Å². The molecule has 0 unspecified atom stereocenters. The lowest BCUT2D eigenvalue weighted by atomic mass is 9.93. The van der Waals surface area contributed by atoms with Crippen molar-refractivity contribution in [2.75, 3.05) is 0 Å². The van der Waals surface area contributed by atoms with Crippen molar-refractivity contribution >= 4 is 22.4 Å². The van der Waals surface area contributed by atoms with Gasteiger partial charge in [-0.3, -0.25) is 0 Å². The topological polar surface area (TPSA) is 72.2 Å². The summed E-state index contributed by atoms with van der Waals surface area (Å²) in [6, 6.07) is 2.59. The van der Waals surface area contributed by atoms with Crippen molar-refractivity contribution < 1.29 is 12.8 Å². The molecule has 2 rings (SSSR count). The quantitative estimate of drug-likeness (QED) is 0.890. The van der Waals surface area contributed by atoms with E-state index in [1.54, 1.807) is 13.8 Å². The van der Waals surface area contributed by atoms with Gasteiger partial charge in [0.2, 0.25) is 10.0 Å². The number of halogens is 2. The van der Waals surface area contributed by atoms with E-state index in [1.807, 2.05) is 0 Å². The number of nitrogens with two attached hydrogens (primary N) is 1. The number of hydrogen-bond acceptors (Lipinski definition) is 3. The summed E-state index contributed by atoms with van der Waals surface area (Å²) < 4.78 is 40.9. The number of hydrogen-bond donors (Lipinski definition) is 2. The molecule has 0 saturated heterocycles. The smallest absolute Gasteiger partial charge is 0.241 e. The molecule has 1 aliphatic carbocycles. The Balaban J connectivity index is 0.00000220. The van der Waals surface area contributed by atoms with E-state index in [4.69, 9.17) is 5.73 Å². The molecule has 3 N–H and O–H groups in total. The molecule has 0 radical (unpaired) electrons. The zero-order chi connectivity index (χ0) is 14.9. The first kappa shape index (κ1) is 18.4. The first-order valence-corrected chi connectivity index (χ1v) is 8.32. The lowest BCUT2D eigenvalue weighted by Crippen LogP contribution is -2.40. The Hall–Kier alpha value is -0.690. The van der Waals surface area contributed by atoms with Crippen LogP contribution in [0.5, 0.6) is 0 Å². The van der Waals surface area contributed by atoms with Gasteiger partial charge in [-0.05, 0) is 62.8 Å². The average molecular weight is 337 g/mol. The highest BCUT2D eigenvalue weighted by Gasteiger charge is 2.26. The van der Waals surface area contributed by atoms with Crippen LogP contribution >= 0.6 is 12.4 Å². The number of sulfonamides is 1. The first-order valence-electron chi connectivity index (χ1n) is 6.84. The Kier molecular flexibility index (Phi) is 6.16. The van der Waals surface area contributed by atoms with Gasteiger partial charge in [-0.25, -0.2) is 17.5 Å². The number of rotatable bonds is 3. The van der Waals surface area contributed by atoms with E-state index in [0.29, 0.717) is 11.1 Å². The number of nitrogens with one attached hydrogen (secondary N) is 1. The third-order valence-electron chi connectivity index (χ3n) is 3.79. The van der Waals surface area contributed by atoms with E-state index in [-0.39, 0.29) is 29.4 Å². The molecule has 0 bridgehead atoms. The fraction of sp³-hybridized carbons (Fsp3) is 0.571. The summed E-state index contributed by atoms with van der Waals surface area (Å²) in [6.45, 7) is 3.23. The maximum atomic E-state index is 13.3. The molecule has 120 valence electrons. The molecule has 0 amide bonds. The van der Waals surface area contributed by atoms with Crippen molar-refractivity contribution in [1.82, 2.24) is 4.72 Å². The van der Waals surface area contributed by atoms with E-state index in [1.165, 1.54) is 12.1 Å². The fourth-order valence-electron chi connectivity index (χ4n) is 2.84. The van der Waals surface area contributed by atoms with Gasteiger partial charge in [-0.1, -0.05) is 0 Å². The molecule has 1 saturated carbocycles. The normalized spacial score (nSPS) is 22.7. The Morgan fingerprint density at radius 2 is 1.62 bits per heavy atom. The van der Waals surface area contributed by atoms with Gasteiger partial charge in [-0.2, -0.15) is 0 Å². The van der Waals surface area contributed by atoms with E-state index in [9.17, 15) is 12.8 Å². The van der Waals surface area contributed by atoms with Crippen molar-refractivity contribution in [1.29, 1.82) is 0 Å². The largest absolute Gasteiger partial charge is 0.328 e. The Bertz CT molecular complexity index is 576. The van der Waals surface area contributed by atoms with E-state index in [2.05, 4.69) is 4.72 Å². The molecule has 4 nitrogen and oxygen atoms in total. The Morgan fingerprint density at radius 3 is 2.10 bits per heavy atom. The van der Waals surface area contributed by atoms with Crippen LogP contribution in [0.25, 0.3) is 0 Å². The highest BCUT2D eigenvalue weighted by atomic mass is 35.5. The monoisotopic (exact) mass is 336 g/mol. The lowest BCUT2D eigenvalue weighted by Gasteiger charge is -2.27. The van der Waals surface area contributed by atoms with Crippen LogP contribution in [0.2, 0.25) is 0 Å². The number of aryl methyl sites for hydroxylation is 2. The summed E-state index contributed by atoms with van der Waals surface area (Å²) >= 11 is 0. The van der Waals surface area contributed by atoms with Gasteiger partial charge in [0.15, 0.2) is 0 Å². The molecule has 7 heteroatoms. The Labute approximate surface area is 131 Å². The second kappa shape index (κ2) is 7.05. The third-order valence-corrected chi connectivity index (χ3v) is 5.61. The molecular formula is C14H22ClFN2O2S. The van der Waals surface area contributed by atoms with Gasteiger partial charge in [0, 0.05) is 12.1 Å². The minimum absolute atomic E-state index is 0. The van der Waals surface area contributed by atoms with Gasteiger partial charge in [-0.15, -0.1) is 12.4 Å². The molecule has 1 aromatic rings. The van der Waals surface area contributed by atoms with E-state index in [0.717, 1.165) is 25.7 Å². The second-order valence-corrected chi connectivity index (χ2v) is 7.25. The van der Waals surface area contributed by atoms with Gasteiger partial charge in [0.1, 0.15) is 5.82 Å². The predicted octanol–water partition coefficient (Wildman–Crippen LogP) is 2.41. The van der Waals surface area contributed by atoms with Crippen molar-refractivity contribution in [3.63, 3.8) is 0 Å². The SMILES string of the molecule is Cc1cc(F)cc(C)c1S(=O)(=O)NC1CCC(N)CC1.Cl. The van der Waals surface area contributed by atoms with Crippen LogP contribution in [0.3, 0.4) is 0 Å². The molecule has 1 fully saturated rings. The van der Waals surface area contributed by atoms with Crippen LogP contribution in [0.1, 0.15) is 36.8 Å². The average Bonchev–Trinajstić information content (AvgIpc) is 2.30. The van der Waals surface area contributed by atoms with Crippen LogP contribution in [0.15, 0.2) is 17.0 Å². The molecule has 0 heterocycles. The highest BCUT2D eigenvalue weighted by Crippen LogP contribution is 2.24. The van der Waals surface area contributed by atoms with Crippen LogP contribution in [0, 0.1) is 19.7 Å². The van der Waals surface area contributed by atoms with E-state index < -0.39 is 15.8 Å². The fourth-order valence-corrected chi connectivity index (χ4v) is 4.59. The maximum Gasteiger partial charge on any atom is 0.241 e. The maximum absolute atomic E-state index is 13.3. The first-order chi connectivity index (χ1) is 9.29. The van der Waals surface area contributed by atoms with Crippen molar-refractivity contribution in [2.45, 2.75) is 56.5 Å². The molecular weight excluding hydrogens is 315 g/mol. The zero-order valence-electron chi connectivity index (χ0n) is 12.2. The summed E-state index contributed by atoms with van der Waals surface area (Å²) in [4.78, 5) is 0.189. The van der Waals surface area contributed by atoms with Gasteiger partial charge in [0.05, 0.1) is 4.90 Å². The van der Waals surface area contributed by atoms with Crippen LogP contribution in [0.4, 0.5) is 4.39 Å². The molecule has 0 aliphatic heterocycles. The predicted molar refractivity (Wildman–Crippen MR) is 83.7 cm³/mol. The van der Waals surface area contributed by atoms with Crippen molar-refractivity contribution in [3.05, 3.63) is 29.1 Å². The Morgan fingerprint density at radius 1 is 1.14 bits per heavy atom. The minimum Gasteiger partial charge on any atom is -0.328 e. The summed E-state index contributed by atoms with van der Waals surface area (Å²) in [5, 5.41) is 0. The molecule has 21 heavy (non-hydrogen) atoms. The third kappa shape index (κ3) is 4.39.